The predicted octanol–water partition coefficient (Wildman–Crippen LogP) is 4.72. The maximum Gasteiger partial charge on any atom is 0.248 e. The molecule has 7 atom stereocenters. The largest absolute Gasteiger partial charge is 0.394 e. The Bertz CT molecular complexity index is 1220. The number of hydrogen-bond donors (Lipinski definition) is 1. The normalized spacial score (nSPS) is 31.4. The number of nitrogens with zero attached hydrogens (tertiary/aromatic N) is 3. The van der Waals surface area contributed by atoms with Crippen LogP contribution in [0.25, 0.3) is 0 Å². The molecule has 3 aliphatic heterocycles. The Labute approximate surface area is 256 Å². The number of aliphatic hydroxyl groups excluding tert-OH is 1. The molecule has 1 aromatic rings. The van der Waals surface area contributed by atoms with Crippen molar-refractivity contribution in [3.05, 3.63) is 55.6 Å². The molecule has 5 rings (SSSR count). The average Bonchev–Trinajstić information content (AvgIpc) is 3.60. The lowest BCUT2D eigenvalue weighted by molar-refractivity contribution is -0.157. The minimum absolute atomic E-state index is 0.0504. The molecule has 3 heterocycles. The van der Waals surface area contributed by atoms with Crippen LogP contribution in [-0.2, 0) is 19.1 Å². The van der Waals surface area contributed by atoms with Crippen molar-refractivity contribution in [2.24, 2.45) is 17.8 Å². The van der Waals surface area contributed by atoms with Gasteiger partial charge in [-0.25, -0.2) is 0 Å². The maximum atomic E-state index is 14.9. The number of benzene rings is 1. The van der Waals surface area contributed by atoms with E-state index in [9.17, 15) is 19.5 Å². The van der Waals surface area contributed by atoms with Crippen molar-refractivity contribution in [2.45, 2.75) is 101 Å². The molecule has 2 bridgehead atoms. The highest BCUT2D eigenvalue weighted by atomic mass is 16.5. The average molecular weight is 592 g/mol. The van der Waals surface area contributed by atoms with E-state index in [-0.39, 0.29) is 42.8 Å². The molecule has 2 unspecified atom stereocenters. The van der Waals surface area contributed by atoms with Crippen molar-refractivity contribution < 1.29 is 24.2 Å². The van der Waals surface area contributed by atoms with Crippen LogP contribution in [0.5, 0.6) is 0 Å². The first-order chi connectivity index (χ1) is 20.7. The monoisotopic (exact) mass is 591 g/mol. The Kier molecular flexibility index (Phi) is 9.19. The van der Waals surface area contributed by atoms with Crippen molar-refractivity contribution in [1.82, 2.24) is 9.80 Å². The highest BCUT2D eigenvalue weighted by Crippen LogP contribution is 2.64. The van der Waals surface area contributed by atoms with Crippen molar-refractivity contribution >= 4 is 23.4 Å². The van der Waals surface area contributed by atoms with E-state index >= 15 is 0 Å². The molecule has 1 spiro atoms. The van der Waals surface area contributed by atoms with Crippen LogP contribution in [0.2, 0.25) is 0 Å². The summed E-state index contributed by atoms with van der Waals surface area (Å²) in [5.41, 5.74) is -1.31. The molecule has 1 N–H and O–H groups in total. The van der Waals surface area contributed by atoms with Crippen molar-refractivity contribution in [1.29, 1.82) is 0 Å². The van der Waals surface area contributed by atoms with E-state index < -0.39 is 35.1 Å². The van der Waals surface area contributed by atoms with Crippen LogP contribution in [0, 0.1) is 17.8 Å². The van der Waals surface area contributed by atoms with Crippen molar-refractivity contribution in [3.63, 3.8) is 0 Å². The molecule has 3 saturated heterocycles. The van der Waals surface area contributed by atoms with Crippen LogP contribution in [0.4, 0.5) is 5.69 Å². The number of aliphatic hydroxyl groups is 1. The molecule has 1 aromatic carbocycles. The fourth-order valence-electron chi connectivity index (χ4n) is 8.53. The summed E-state index contributed by atoms with van der Waals surface area (Å²) in [5, 5.41) is 10.7. The molecule has 43 heavy (non-hydrogen) atoms. The van der Waals surface area contributed by atoms with Gasteiger partial charge in [-0.15, -0.1) is 13.2 Å². The van der Waals surface area contributed by atoms with Gasteiger partial charge < -0.3 is 24.5 Å². The molecule has 0 aromatic heterocycles. The van der Waals surface area contributed by atoms with Gasteiger partial charge in [0.15, 0.2) is 0 Å². The Morgan fingerprint density at radius 3 is 2.37 bits per heavy atom. The topological polar surface area (TPSA) is 90.4 Å². The van der Waals surface area contributed by atoms with Gasteiger partial charge in [-0.1, -0.05) is 69.9 Å². The number of ether oxygens (including phenoxy) is 1. The Hall–Kier alpha value is -2.97. The van der Waals surface area contributed by atoms with Gasteiger partial charge in [0, 0.05) is 24.8 Å². The van der Waals surface area contributed by atoms with Crippen molar-refractivity contribution in [3.8, 4) is 0 Å². The second-order valence-electron chi connectivity index (χ2n) is 13.3. The zero-order valence-electron chi connectivity index (χ0n) is 26.1. The van der Waals surface area contributed by atoms with Gasteiger partial charge in [-0.3, -0.25) is 14.4 Å². The quantitative estimate of drug-likeness (QED) is 0.355. The molecule has 3 amide bonds. The van der Waals surface area contributed by atoms with Crippen LogP contribution in [0.15, 0.2) is 55.6 Å². The van der Waals surface area contributed by atoms with E-state index in [0.717, 1.165) is 44.2 Å². The van der Waals surface area contributed by atoms with E-state index in [0.29, 0.717) is 19.4 Å². The molecule has 0 radical (unpaired) electrons. The summed E-state index contributed by atoms with van der Waals surface area (Å²) < 4.78 is 6.94. The molecule has 8 heteroatoms. The van der Waals surface area contributed by atoms with Crippen LogP contribution < -0.4 is 4.90 Å². The van der Waals surface area contributed by atoms with E-state index in [1.54, 1.807) is 22.0 Å². The molecule has 4 fully saturated rings. The number of fused-ring (bicyclic) bond motifs is 1. The molecule has 234 valence electrons. The minimum atomic E-state index is -1.14. The summed E-state index contributed by atoms with van der Waals surface area (Å²) >= 11 is 0. The molecule has 1 saturated carbocycles. The fraction of sp³-hybridized carbons (Fsp3) is 0.629. The lowest BCUT2D eigenvalue weighted by Gasteiger charge is -2.43. The standard InChI is InChI=1S/C35H49N3O5/c1-6-21-36(25-15-11-9-12-16-25)31(40)28-29-32(41)38(27(23-39)24(4)8-3)30(35(29)20-19-34(28,5)43-35)33(42)37(22-7-2)26-17-13-10-14-18-26/h6-7,9,11-12,15-16,24,26-30,39H,1-2,8,10,13-14,17-23H2,3-5H3/t24-,27-,28-,29-,30?,34+,35?/m0/s1. The van der Waals surface area contributed by atoms with Gasteiger partial charge in [0.1, 0.15) is 11.6 Å². The lowest BCUT2D eigenvalue weighted by Crippen LogP contribution is -2.61. The van der Waals surface area contributed by atoms with Gasteiger partial charge in [0.05, 0.1) is 30.1 Å². The second kappa shape index (κ2) is 12.6. The summed E-state index contributed by atoms with van der Waals surface area (Å²) in [4.78, 5) is 49.5. The van der Waals surface area contributed by atoms with Gasteiger partial charge in [0.2, 0.25) is 17.7 Å². The summed E-state index contributed by atoms with van der Waals surface area (Å²) in [6, 6.07) is 8.01. The number of para-hydroxylation sites is 1. The molecule has 1 aliphatic carbocycles. The first kappa shape index (κ1) is 31.5. The third-order valence-corrected chi connectivity index (χ3v) is 10.8. The number of anilines is 1. The molecular weight excluding hydrogens is 542 g/mol. The van der Waals surface area contributed by atoms with Crippen LogP contribution in [-0.4, -0.2) is 81.7 Å². The summed E-state index contributed by atoms with van der Waals surface area (Å²) in [6.45, 7) is 14.2. The first-order valence-electron chi connectivity index (χ1n) is 16.2. The summed E-state index contributed by atoms with van der Waals surface area (Å²) in [7, 11) is 0. The number of carbonyl (C=O) groups is 3. The Morgan fingerprint density at radius 2 is 1.77 bits per heavy atom. The number of carbonyl (C=O) groups excluding carboxylic acids is 3. The van der Waals surface area contributed by atoms with E-state index in [1.165, 1.54) is 0 Å². The second-order valence-corrected chi connectivity index (χ2v) is 13.3. The van der Waals surface area contributed by atoms with E-state index in [1.807, 2.05) is 56.0 Å². The van der Waals surface area contributed by atoms with Crippen LogP contribution >= 0.6 is 0 Å². The minimum Gasteiger partial charge on any atom is -0.394 e. The third kappa shape index (κ3) is 5.14. The summed E-state index contributed by atoms with van der Waals surface area (Å²) in [5.74, 6) is -2.24. The van der Waals surface area contributed by atoms with Gasteiger partial charge >= 0.3 is 0 Å². The van der Waals surface area contributed by atoms with Crippen molar-refractivity contribution in [2.75, 3.05) is 24.6 Å². The highest BCUT2D eigenvalue weighted by Gasteiger charge is 2.79. The van der Waals surface area contributed by atoms with Crippen LogP contribution in [0.1, 0.15) is 72.1 Å². The predicted molar refractivity (Wildman–Crippen MR) is 167 cm³/mol. The Morgan fingerprint density at radius 1 is 1.09 bits per heavy atom. The highest BCUT2D eigenvalue weighted by molar-refractivity contribution is 6.03. The molecule has 4 aliphatic rings. The van der Waals surface area contributed by atoms with E-state index in [2.05, 4.69) is 13.2 Å². The number of likely N-dealkylation sites (tertiary alicyclic amines) is 1. The Balaban J connectivity index is 1.61. The number of hydrogen-bond acceptors (Lipinski definition) is 5. The van der Waals surface area contributed by atoms with E-state index in [4.69, 9.17) is 4.74 Å². The van der Waals surface area contributed by atoms with Gasteiger partial charge in [-0.05, 0) is 50.7 Å². The third-order valence-electron chi connectivity index (χ3n) is 10.8. The molecule has 8 nitrogen and oxygen atoms in total. The fourth-order valence-corrected chi connectivity index (χ4v) is 8.53. The zero-order valence-corrected chi connectivity index (χ0v) is 26.1. The first-order valence-corrected chi connectivity index (χ1v) is 16.2. The lowest BCUT2D eigenvalue weighted by atomic mass is 9.66. The summed E-state index contributed by atoms with van der Waals surface area (Å²) in [6.07, 6.45) is 10.4. The van der Waals surface area contributed by atoms with Gasteiger partial charge in [0.25, 0.3) is 0 Å². The number of rotatable bonds is 12. The number of amides is 3. The SMILES string of the molecule is C=CCN(C(=O)[C@@H]1[C@H]2C(=O)N([C@@H](CO)[C@@H](C)CC)C(C(=O)N(CC=C)C3CCCCC3)C23CC[C@@]1(C)O3)c1ccccc1. The molecular formula is C35H49N3O5. The zero-order chi connectivity index (χ0) is 30.9. The maximum absolute atomic E-state index is 14.9. The van der Waals surface area contributed by atoms with Gasteiger partial charge in [-0.2, -0.15) is 0 Å². The van der Waals surface area contributed by atoms with Crippen LogP contribution in [0.3, 0.4) is 0 Å². The smallest absolute Gasteiger partial charge is 0.248 e.